The van der Waals surface area contributed by atoms with Gasteiger partial charge >= 0.3 is 0 Å². The van der Waals surface area contributed by atoms with Gasteiger partial charge in [-0.05, 0) is 36.8 Å². The van der Waals surface area contributed by atoms with Crippen LogP contribution < -0.4 is 5.32 Å². The van der Waals surface area contributed by atoms with Gasteiger partial charge in [-0.1, -0.05) is 48.0 Å². The molecule has 1 saturated heterocycles. The summed E-state index contributed by atoms with van der Waals surface area (Å²) in [5, 5.41) is 3.06. The summed E-state index contributed by atoms with van der Waals surface area (Å²) in [5.74, 6) is -0.0635. The molecule has 1 fully saturated rings. The van der Waals surface area contributed by atoms with E-state index in [0.29, 0.717) is 31.7 Å². The molecule has 1 aromatic heterocycles. The summed E-state index contributed by atoms with van der Waals surface area (Å²) >= 11 is 0. The molecule has 2 amide bonds. The van der Waals surface area contributed by atoms with Crippen molar-refractivity contribution in [2.45, 2.75) is 13.0 Å². The summed E-state index contributed by atoms with van der Waals surface area (Å²) in [6.07, 6.45) is 3.26. The van der Waals surface area contributed by atoms with E-state index in [1.54, 1.807) is 24.5 Å². The molecule has 3 aromatic rings. The number of aryl methyl sites for hydroxylation is 1. The van der Waals surface area contributed by atoms with Crippen LogP contribution in [0.15, 0.2) is 79.1 Å². The fourth-order valence-corrected chi connectivity index (χ4v) is 3.87. The highest BCUT2D eigenvalue weighted by Gasteiger charge is 2.32. The number of carbonyl (C=O) groups excluding carboxylic acids is 2. The van der Waals surface area contributed by atoms with E-state index in [1.807, 2.05) is 66.4 Å². The molecule has 0 radical (unpaired) electrons. The van der Waals surface area contributed by atoms with E-state index in [0.717, 1.165) is 16.8 Å². The molecular formula is C25H26N4O2. The van der Waals surface area contributed by atoms with Crippen molar-refractivity contribution < 1.29 is 9.59 Å². The molecular weight excluding hydrogens is 388 g/mol. The van der Waals surface area contributed by atoms with Gasteiger partial charge < -0.3 is 10.2 Å². The Morgan fingerprint density at radius 2 is 1.52 bits per heavy atom. The molecule has 1 N–H and O–H groups in total. The summed E-state index contributed by atoms with van der Waals surface area (Å²) in [6.45, 7) is 4.41. The second kappa shape index (κ2) is 9.53. The SMILES string of the molecule is Cc1ccc(NC(=O)[C@H](c2ccccc2)N2CCN(C(=O)c3ccncc3)CC2)cc1. The van der Waals surface area contributed by atoms with E-state index in [1.165, 1.54) is 0 Å². The number of amides is 2. The maximum atomic E-state index is 13.3. The smallest absolute Gasteiger partial charge is 0.254 e. The van der Waals surface area contributed by atoms with Crippen LogP contribution in [0.4, 0.5) is 5.69 Å². The molecule has 0 unspecified atom stereocenters. The lowest BCUT2D eigenvalue weighted by Gasteiger charge is -2.38. The van der Waals surface area contributed by atoms with Crippen molar-refractivity contribution in [3.8, 4) is 0 Å². The van der Waals surface area contributed by atoms with Crippen molar-refractivity contribution in [2.24, 2.45) is 0 Å². The topological polar surface area (TPSA) is 65.5 Å². The van der Waals surface area contributed by atoms with E-state index in [9.17, 15) is 9.59 Å². The van der Waals surface area contributed by atoms with Crippen molar-refractivity contribution in [3.05, 3.63) is 95.8 Å². The molecule has 4 rings (SSSR count). The van der Waals surface area contributed by atoms with Crippen LogP contribution in [0.1, 0.15) is 27.5 Å². The maximum Gasteiger partial charge on any atom is 0.254 e. The summed E-state index contributed by atoms with van der Waals surface area (Å²) in [6, 6.07) is 20.7. The molecule has 1 atom stereocenters. The van der Waals surface area contributed by atoms with Gasteiger partial charge in [0.25, 0.3) is 5.91 Å². The Labute approximate surface area is 182 Å². The fraction of sp³-hybridized carbons (Fsp3) is 0.240. The van der Waals surface area contributed by atoms with Crippen molar-refractivity contribution in [3.63, 3.8) is 0 Å². The number of hydrogen-bond acceptors (Lipinski definition) is 4. The van der Waals surface area contributed by atoms with Gasteiger partial charge in [0.2, 0.25) is 5.91 Å². The molecule has 0 saturated carbocycles. The van der Waals surface area contributed by atoms with Crippen molar-refractivity contribution in [1.82, 2.24) is 14.8 Å². The summed E-state index contributed by atoms with van der Waals surface area (Å²) in [4.78, 5) is 34.0. The zero-order valence-electron chi connectivity index (χ0n) is 17.6. The highest BCUT2D eigenvalue weighted by molar-refractivity contribution is 5.96. The van der Waals surface area contributed by atoms with E-state index in [2.05, 4.69) is 15.2 Å². The summed E-state index contributed by atoms with van der Waals surface area (Å²) < 4.78 is 0. The van der Waals surface area contributed by atoms with Gasteiger partial charge in [0.1, 0.15) is 6.04 Å². The first kappa shape index (κ1) is 20.8. The number of piperazine rings is 1. The fourth-order valence-electron chi connectivity index (χ4n) is 3.87. The second-order valence-electron chi connectivity index (χ2n) is 7.73. The molecule has 6 heteroatoms. The predicted octanol–water partition coefficient (Wildman–Crippen LogP) is 3.53. The standard InChI is InChI=1S/C25H26N4O2/c1-19-7-9-22(10-8-19)27-24(30)23(20-5-3-2-4-6-20)28-15-17-29(18-16-28)25(31)21-11-13-26-14-12-21/h2-14,23H,15-18H2,1H3,(H,27,30)/t23-/m0/s1. The number of aromatic nitrogens is 1. The first-order valence-electron chi connectivity index (χ1n) is 10.5. The van der Waals surface area contributed by atoms with Crippen LogP contribution >= 0.6 is 0 Å². The van der Waals surface area contributed by atoms with Crippen LogP contribution in [0, 0.1) is 6.92 Å². The molecule has 31 heavy (non-hydrogen) atoms. The number of benzene rings is 2. The van der Waals surface area contributed by atoms with E-state index >= 15 is 0 Å². The lowest BCUT2D eigenvalue weighted by molar-refractivity contribution is -0.122. The lowest BCUT2D eigenvalue weighted by Crippen LogP contribution is -2.51. The highest BCUT2D eigenvalue weighted by Crippen LogP contribution is 2.25. The predicted molar refractivity (Wildman–Crippen MR) is 121 cm³/mol. The summed E-state index contributed by atoms with van der Waals surface area (Å²) in [7, 11) is 0. The first-order chi connectivity index (χ1) is 15.1. The van der Waals surface area contributed by atoms with Gasteiger partial charge in [0, 0.05) is 49.8 Å². The van der Waals surface area contributed by atoms with Crippen LogP contribution in [0.25, 0.3) is 0 Å². The third-order valence-corrected chi connectivity index (χ3v) is 5.58. The zero-order valence-corrected chi connectivity index (χ0v) is 17.6. The Balaban J connectivity index is 1.48. The number of hydrogen-bond donors (Lipinski definition) is 1. The Bertz CT molecular complexity index is 1010. The molecule has 6 nitrogen and oxygen atoms in total. The van der Waals surface area contributed by atoms with Crippen LogP contribution in [0.3, 0.4) is 0 Å². The molecule has 0 aliphatic carbocycles. The van der Waals surface area contributed by atoms with Crippen LogP contribution in [0.5, 0.6) is 0 Å². The quantitative estimate of drug-likeness (QED) is 0.694. The number of nitrogens with one attached hydrogen (secondary N) is 1. The minimum atomic E-state index is -0.416. The molecule has 1 aliphatic heterocycles. The van der Waals surface area contributed by atoms with Crippen LogP contribution in [-0.4, -0.2) is 52.8 Å². The largest absolute Gasteiger partial charge is 0.336 e. The average Bonchev–Trinajstić information content (AvgIpc) is 2.82. The minimum Gasteiger partial charge on any atom is -0.336 e. The number of pyridine rings is 1. The van der Waals surface area contributed by atoms with Gasteiger partial charge in [-0.25, -0.2) is 0 Å². The Kier molecular flexibility index (Phi) is 6.38. The van der Waals surface area contributed by atoms with Gasteiger partial charge in [-0.15, -0.1) is 0 Å². The minimum absolute atomic E-state index is 0.00224. The molecule has 2 heterocycles. The molecule has 158 valence electrons. The van der Waals surface area contributed by atoms with Gasteiger partial charge in [-0.3, -0.25) is 19.5 Å². The first-order valence-corrected chi connectivity index (χ1v) is 10.5. The van der Waals surface area contributed by atoms with Crippen molar-refractivity contribution in [2.75, 3.05) is 31.5 Å². The van der Waals surface area contributed by atoms with E-state index in [-0.39, 0.29) is 11.8 Å². The number of nitrogens with zero attached hydrogens (tertiary/aromatic N) is 3. The summed E-state index contributed by atoms with van der Waals surface area (Å²) in [5.41, 5.74) is 3.51. The molecule has 1 aliphatic rings. The third-order valence-electron chi connectivity index (χ3n) is 5.58. The molecule has 2 aromatic carbocycles. The van der Waals surface area contributed by atoms with Gasteiger partial charge in [0.05, 0.1) is 0 Å². The molecule has 0 bridgehead atoms. The van der Waals surface area contributed by atoms with Crippen LogP contribution in [0.2, 0.25) is 0 Å². The second-order valence-corrected chi connectivity index (χ2v) is 7.73. The highest BCUT2D eigenvalue weighted by atomic mass is 16.2. The normalized spacial score (nSPS) is 15.3. The van der Waals surface area contributed by atoms with Crippen molar-refractivity contribution in [1.29, 1.82) is 0 Å². The average molecular weight is 415 g/mol. The Hall–Kier alpha value is -3.51. The number of anilines is 1. The number of carbonyl (C=O) groups is 2. The van der Waals surface area contributed by atoms with Crippen molar-refractivity contribution >= 4 is 17.5 Å². The zero-order chi connectivity index (χ0) is 21.6. The lowest BCUT2D eigenvalue weighted by atomic mass is 10.0. The van der Waals surface area contributed by atoms with Gasteiger partial charge in [-0.2, -0.15) is 0 Å². The van der Waals surface area contributed by atoms with Crippen LogP contribution in [-0.2, 0) is 4.79 Å². The van der Waals surface area contributed by atoms with Gasteiger partial charge in [0.15, 0.2) is 0 Å². The maximum absolute atomic E-state index is 13.3. The number of rotatable bonds is 5. The Morgan fingerprint density at radius 3 is 2.16 bits per heavy atom. The van der Waals surface area contributed by atoms with E-state index < -0.39 is 6.04 Å². The van der Waals surface area contributed by atoms with E-state index in [4.69, 9.17) is 0 Å². The molecule has 0 spiro atoms. The Morgan fingerprint density at radius 1 is 0.871 bits per heavy atom. The monoisotopic (exact) mass is 414 g/mol. The third kappa shape index (κ3) is 4.98.